The van der Waals surface area contributed by atoms with Gasteiger partial charge >= 0.3 is 0 Å². The zero-order chi connectivity index (χ0) is 15.0. The second-order valence-corrected chi connectivity index (χ2v) is 6.69. The lowest BCUT2D eigenvalue weighted by atomic mass is 9.85. The number of halogens is 1. The van der Waals surface area contributed by atoms with Crippen molar-refractivity contribution in [3.8, 4) is 0 Å². The van der Waals surface area contributed by atoms with Gasteiger partial charge < -0.3 is 14.6 Å². The minimum absolute atomic E-state index is 0.131. The van der Waals surface area contributed by atoms with Crippen LogP contribution in [-0.4, -0.2) is 31.6 Å². The number of hydrogen-bond acceptors (Lipinski definition) is 3. The normalized spacial score (nSPS) is 19.5. The van der Waals surface area contributed by atoms with Gasteiger partial charge in [0.15, 0.2) is 0 Å². The molecule has 1 N–H and O–H groups in total. The summed E-state index contributed by atoms with van der Waals surface area (Å²) in [5.74, 6) is 1.00. The Kier molecular flexibility index (Phi) is 4.00. The van der Waals surface area contributed by atoms with Gasteiger partial charge in [-0.1, -0.05) is 24.4 Å². The topological polar surface area (TPSA) is 28.4 Å². The highest BCUT2D eigenvalue weighted by Gasteiger charge is 2.44. The van der Waals surface area contributed by atoms with Gasteiger partial charge in [-0.15, -0.1) is 0 Å². The van der Waals surface area contributed by atoms with Crippen molar-refractivity contribution in [2.75, 3.05) is 21.1 Å². The van der Waals surface area contributed by atoms with Crippen LogP contribution in [0.2, 0.25) is 5.02 Å². The summed E-state index contributed by atoms with van der Waals surface area (Å²) in [6.07, 6.45) is 4.96. The molecule has 0 amide bonds. The Bertz CT molecular complexity index is 629. The van der Waals surface area contributed by atoms with Crippen LogP contribution in [0.15, 0.2) is 28.7 Å². The standard InChI is InChI=1S/C17H23ClN2O/c1-19-16(17(20(2)3)8-4-5-9-17)15-11-12-10-13(18)6-7-14(12)21-15/h6-7,10-11,16,19H,4-5,8-9H2,1-3H3. The Labute approximate surface area is 131 Å². The highest BCUT2D eigenvalue weighted by molar-refractivity contribution is 6.31. The first-order valence-corrected chi connectivity index (χ1v) is 7.98. The summed E-state index contributed by atoms with van der Waals surface area (Å²) in [5.41, 5.74) is 1.04. The third kappa shape index (κ3) is 2.48. The maximum absolute atomic E-state index is 6.12. The number of nitrogens with one attached hydrogen (secondary N) is 1. The highest BCUT2D eigenvalue weighted by atomic mass is 35.5. The van der Waals surface area contributed by atoms with E-state index in [0.29, 0.717) is 0 Å². The zero-order valence-electron chi connectivity index (χ0n) is 12.9. The average Bonchev–Trinajstić information content (AvgIpc) is 3.06. The summed E-state index contributed by atoms with van der Waals surface area (Å²) in [6, 6.07) is 8.12. The maximum atomic E-state index is 6.12. The monoisotopic (exact) mass is 306 g/mol. The molecule has 1 atom stereocenters. The van der Waals surface area contributed by atoms with E-state index in [1.54, 1.807) is 0 Å². The number of likely N-dealkylation sites (N-methyl/N-ethyl adjacent to an activating group) is 2. The van der Waals surface area contributed by atoms with Gasteiger partial charge in [-0.25, -0.2) is 0 Å². The van der Waals surface area contributed by atoms with Crippen molar-refractivity contribution in [1.82, 2.24) is 10.2 Å². The van der Waals surface area contributed by atoms with E-state index in [-0.39, 0.29) is 11.6 Å². The average molecular weight is 307 g/mol. The molecule has 4 heteroatoms. The van der Waals surface area contributed by atoms with Gasteiger partial charge in [0.25, 0.3) is 0 Å². The SMILES string of the molecule is CNC(c1cc2cc(Cl)ccc2o1)C1(N(C)C)CCCC1. The van der Waals surface area contributed by atoms with Gasteiger partial charge in [-0.05, 0) is 58.3 Å². The first-order valence-electron chi connectivity index (χ1n) is 7.60. The number of rotatable bonds is 4. The molecule has 1 saturated carbocycles. The molecule has 3 rings (SSSR count). The van der Waals surface area contributed by atoms with Crippen molar-refractivity contribution >= 4 is 22.6 Å². The highest BCUT2D eigenvalue weighted by Crippen LogP contribution is 2.44. The fourth-order valence-electron chi connectivity index (χ4n) is 3.83. The van der Waals surface area contributed by atoms with Crippen molar-refractivity contribution in [2.45, 2.75) is 37.3 Å². The van der Waals surface area contributed by atoms with E-state index in [9.17, 15) is 0 Å². The maximum Gasteiger partial charge on any atom is 0.134 e. The zero-order valence-corrected chi connectivity index (χ0v) is 13.7. The molecule has 0 radical (unpaired) electrons. The Morgan fingerprint density at radius 3 is 2.57 bits per heavy atom. The van der Waals surface area contributed by atoms with Crippen LogP contribution in [0.4, 0.5) is 0 Å². The molecule has 0 bridgehead atoms. The van der Waals surface area contributed by atoms with Crippen LogP contribution < -0.4 is 5.32 Å². The summed E-state index contributed by atoms with van der Waals surface area (Å²) in [6.45, 7) is 0. The third-order valence-electron chi connectivity index (χ3n) is 4.97. The number of fused-ring (bicyclic) bond motifs is 1. The van der Waals surface area contributed by atoms with Crippen LogP contribution in [0, 0.1) is 0 Å². The lowest BCUT2D eigenvalue weighted by molar-refractivity contribution is 0.0982. The molecule has 0 aliphatic heterocycles. The minimum atomic E-state index is 0.131. The second kappa shape index (κ2) is 5.64. The van der Waals surface area contributed by atoms with Gasteiger partial charge in [0.1, 0.15) is 11.3 Å². The molecule has 1 aromatic carbocycles. The molecule has 21 heavy (non-hydrogen) atoms. The molecule has 1 heterocycles. The van der Waals surface area contributed by atoms with Crippen LogP contribution in [-0.2, 0) is 0 Å². The quantitative estimate of drug-likeness (QED) is 0.916. The molecule has 1 aliphatic rings. The number of hydrogen-bond donors (Lipinski definition) is 1. The summed E-state index contributed by atoms with van der Waals surface area (Å²) in [5, 5.41) is 5.31. The minimum Gasteiger partial charge on any atom is -0.459 e. The van der Waals surface area contributed by atoms with Crippen LogP contribution in [0.25, 0.3) is 11.0 Å². The summed E-state index contributed by atoms with van der Waals surface area (Å²) >= 11 is 6.08. The Morgan fingerprint density at radius 1 is 1.24 bits per heavy atom. The molecule has 1 unspecified atom stereocenters. The van der Waals surface area contributed by atoms with Crippen LogP contribution in [0.1, 0.15) is 37.5 Å². The van der Waals surface area contributed by atoms with Crippen molar-refractivity contribution in [3.63, 3.8) is 0 Å². The third-order valence-corrected chi connectivity index (χ3v) is 5.20. The molecule has 2 aromatic rings. The lowest BCUT2D eigenvalue weighted by Crippen LogP contribution is -2.51. The molecule has 3 nitrogen and oxygen atoms in total. The summed E-state index contributed by atoms with van der Waals surface area (Å²) in [7, 11) is 6.37. The van der Waals surface area contributed by atoms with E-state index < -0.39 is 0 Å². The molecule has 1 fully saturated rings. The Hall–Kier alpha value is -1.03. The van der Waals surface area contributed by atoms with E-state index >= 15 is 0 Å². The molecular formula is C17H23ClN2O. The van der Waals surface area contributed by atoms with Gasteiger partial charge in [0.05, 0.1) is 6.04 Å². The van der Waals surface area contributed by atoms with Crippen molar-refractivity contribution in [3.05, 3.63) is 35.0 Å². The number of benzene rings is 1. The molecule has 1 aromatic heterocycles. The van der Waals surface area contributed by atoms with E-state index in [1.165, 1.54) is 25.7 Å². The van der Waals surface area contributed by atoms with E-state index in [0.717, 1.165) is 21.8 Å². The Balaban J connectivity index is 2.04. The second-order valence-electron chi connectivity index (χ2n) is 6.26. The number of nitrogens with zero attached hydrogens (tertiary/aromatic N) is 1. The van der Waals surface area contributed by atoms with Gasteiger partial charge in [0, 0.05) is 15.9 Å². The lowest BCUT2D eigenvalue weighted by Gasteiger charge is -2.42. The first-order chi connectivity index (χ1) is 10.1. The smallest absolute Gasteiger partial charge is 0.134 e. The van der Waals surface area contributed by atoms with E-state index in [2.05, 4.69) is 30.4 Å². The predicted octanol–water partition coefficient (Wildman–Crippen LogP) is 4.22. The largest absolute Gasteiger partial charge is 0.459 e. The van der Waals surface area contributed by atoms with Gasteiger partial charge in [-0.3, -0.25) is 0 Å². The Morgan fingerprint density at radius 2 is 1.95 bits per heavy atom. The van der Waals surface area contributed by atoms with Gasteiger partial charge in [-0.2, -0.15) is 0 Å². The molecule has 1 aliphatic carbocycles. The molecule has 114 valence electrons. The molecular weight excluding hydrogens is 284 g/mol. The fourth-order valence-corrected chi connectivity index (χ4v) is 4.01. The van der Waals surface area contributed by atoms with E-state index in [4.69, 9.17) is 16.0 Å². The molecule has 0 spiro atoms. The van der Waals surface area contributed by atoms with Crippen LogP contribution in [0.5, 0.6) is 0 Å². The predicted molar refractivity (Wildman–Crippen MR) is 87.9 cm³/mol. The molecule has 0 saturated heterocycles. The van der Waals surface area contributed by atoms with E-state index in [1.807, 2.05) is 25.2 Å². The van der Waals surface area contributed by atoms with Crippen molar-refractivity contribution < 1.29 is 4.42 Å². The van der Waals surface area contributed by atoms with Crippen molar-refractivity contribution in [1.29, 1.82) is 0 Å². The summed E-state index contributed by atoms with van der Waals surface area (Å²) < 4.78 is 6.12. The fraction of sp³-hybridized carbons (Fsp3) is 0.529. The van der Waals surface area contributed by atoms with Crippen LogP contribution >= 0.6 is 11.6 Å². The van der Waals surface area contributed by atoms with Crippen molar-refractivity contribution in [2.24, 2.45) is 0 Å². The number of furan rings is 1. The van der Waals surface area contributed by atoms with Gasteiger partial charge in [0.2, 0.25) is 0 Å². The van der Waals surface area contributed by atoms with Crippen LogP contribution in [0.3, 0.4) is 0 Å². The summed E-state index contributed by atoms with van der Waals surface area (Å²) in [4.78, 5) is 2.36. The first kappa shape index (κ1) is 14.9.